The molecule has 1 saturated heterocycles. The maximum absolute atomic E-state index is 12.6. The van der Waals surface area contributed by atoms with E-state index in [9.17, 15) is 9.59 Å². The van der Waals surface area contributed by atoms with Crippen LogP contribution in [0.5, 0.6) is 0 Å². The Hall–Kier alpha value is -1.89. The van der Waals surface area contributed by atoms with E-state index in [0.717, 1.165) is 30.8 Å². The second-order valence-electron chi connectivity index (χ2n) is 5.68. The van der Waals surface area contributed by atoms with Crippen molar-refractivity contribution >= 4 is 29.2 Å². The summed E-state index contributed by atoms with van der Waals surface area (Å²) in [7, 11) is 0. The number of rotatable bonds is 3. The maximum atomic E-state index is 12.6. The quantitative estimate of drug-likeness (QED) is 0.677. The van der Waals surface area contributed by atoms with Crippen molar-refractivity contribution < 1.29 is 14.3 Å². The topological polar surface area (TPSA) is 71.0 Å². The highest BCUT2D eigenvalue weighted by Gasteiger charge is 2.42. The van der Waals surface area contributed by atoms with Crippen LogP contribution in [0.4, 0.5) is 0 Å². The average Bonchev–Trinajstić information content (AvgIpc) is 3.09. The lowest BCUT2D eigenvalue weighted by Gasteiger charge is -2.34. The summed E-state index contributed by atoms with van der Waals surface area (Å²) < 4.78 is 5.08. The van der Waals surface area contributed by atoms with Crippen LogP contribution in [-0.2, 0) is 14.3 Å². The number of hydrogen-bond acceptors (Lipinski definition) is 6. The van der Waals surface area contributed by atoms with E-state index in [1.807, 2.05) is 17.5 Å². The van der Waals surface area contributed by atoms with E-state index in [4.69, 9.17) is 9.73 Å². The third-order valence-corrected chi connectivity index (χ3v) is 5.07. The Labute approximate surface area is 139 Å². The lowest BCUT2D eigenvalue weighted by atomic mass is 9.96. The highest BCUT2D eigenvalue weighted by atomic mass is 32.1. The van der Waals surface area contributed by atoms with Gasteiger partial charge in [-0.05, 0) is 37.6 Å². The van der Waals surface area contributed by atoms with Gasteiger partial charge in [0.2, 0.25) is 11.9 Å². The van der Waals surface area contributed by atoms with E-state index in [1.54, 1.807) is 6.92 Å². The Morgan fingerprint density at radius 3 is 2.87 bits per heavy atom. The number of thiophene rings is 1. The van der Waals surface area contributed by atoms with E-state index in [0.29, 0.717) is 5.96 Å². The van der Waals surface area contributed by atoms with E-state index in [2.05, 4.69) is 10.2 Å². The van der Waals surface area contributed by atoms with Gasteiger partial charge in [-0.1, -0.05) is 6.07 Å². The molecule has 2 aliphatic heterocycles. The highest BCUT2D eigenvalue weighted by Crippen LogP contribution is 2.33. The summed E-state index contributed by atoms with van der Waals surface area (Å²) in [4.78, 5) is 32.5. The molecule has 3 rings (SSSR count). The van der Waals surface area contributed by atoms with Crippen LogP contribution >= 0.6 is 11.3 Å². The number of aliphatic imine (C=N–C) groups is 1. The number of nitrogens with one attached hydrogen (secondary N) is 1. The fraction of sp³-hybridized carbons (Fsp3) is 0.562. The normalized spacial score (nSPS) is 24.8. The lowest BCUT2D eigenvalue weighted by molar-refractivity contribution is -0.153. The smallest absolute Gasteiger partial charge is 0.321 e. The SMILES string of the molecule is CCOC(=O)[C@H]1C(=O)NC(N2CCCCC2)=N[C@H]1c1cccs1. The number of hydrogen-bond donors (Lipinski definition) is 1. The van der Waals surface area contributed by atoms with Crippen LogP contribution in [0.25, 0.3) is 0 Å². The molecule has 3 heterocycles. The molecule has 0 radical (unpaired) electrons. The number of ether oxygens (including phenoxy) is 1. The molecule has 1 aromatic heterocycles. The van der Waals surface area contributed by atoms with Crippen molar-refractivity contribution in [2.45, 2.75) is 32.2 Å². The van der Waals surface area contributed by atoms with E-state index < -0.39 is 17.9 Å². The van der Waals surface area contributed by atoms with Crippen LogP contribution in [0, 0.1) is 5.92 Å². The molecule has 0 bridgehead atoms. The molecular formula is C16H21N3O3S. The van der Waals surface area contributed by atoms with Gasteiger partial charge in [-0.25, -0.2) is 4.99 Å². The van der Waals surface area contributed by atoms with Crippen molar-refractivity contribution in [3.8, 4) is 0 Å². The molecule has 124 valence electrons. The van der Waals surface area contributed by atoms with Crippen LogP contribution in [-0.4, -0.2) is 42.4 Å². The number of amides is 1. The van der Waals surface area contributed by atoms with Crippen LogP contribution in [0.15, 0.2) is 22.5 Å². The van der Waals surface area contributed by atoms with Crippen molar-refractivity contribution in [1.82, 2.24) is 10.2 Å². The van der Waals surface area contributed by atoms with Crippen molar-refractivity contribution in [3.63, 3.8) is 0 Å². The summed E-state index contributed by atoms with van der Waals surface area (Å²) in [5.41, 5.74) is 0. The molecule has 0 saturated carbocycles. The van der Waals surface area contributed by atoms with E-state index in [-0.39, 0.29) is 12.5 Å². The van der Waals surface area contributed by atoms with Crippen LogP contribution < -0.4 is 5.32 Å². The number of guanidine groups is 1. The summed E-state index contributed by atoms with van der Waals surface area (Å²) in [6.07, 6.45) is 3.40. The van der Waals surface area contributed by atoms with Crippen molar-refractivity contribution in [2.24, 2.45) is 10.9 Å². The summed E-state index contributed by atoms with van der Waals surface area (Å²) in [5, 5.41) is 4.74. The Bertz CT molecular complexity index is 594. The molecule has 1 amide bonds. The molecule has 23 heavy (non-hydrogen) atoms. The number of nitrogens with zero attached hydrogens (tertiary/aromatic N) is 2. The third kappa shape index (κ3) is 3.39. The summed E-state index contributed by atoms with van der Waals surface area (Å²) >= 11 is 1.51. The monoisotopic (exact) mass is 335 g/mol. The molecule has 2 atom stereocenters. The molecule has 0 spiro atoms. The molecule has 1 aromatic rings. The Balaban J connectivity index is 1.91. The predicted octanol–water partition coefficient (Wildman–Crippen LogP) is 1.94. The molecular weight excluding hydrogens is 314 g/mol. The first kappa shape index (κ1) is 16.0. The van der Waals surface area contributed by atoms with Crippen LogP contribution in [0.3, 0.4) is 0 Å². The lowest BCUT2D eigenvalue weighted by Crippen LogP contribution is -2.53. The zero-order chi connectivity index (χ0) is 16.2. The van der Waals surface area contributed by atoms with Crippen LogP contribution in [0.2, 0.25) is 0 Å². The van der Waals surface area contributed by atoms with E-state index >= 15 is 0 Å². The average molecular weight is 335 g/mol. The summed E-state index contributed by atoms with van der Waals surface area (Å²) in [6, 6.07) is 3.32. The van der Waals surface area contributed by atoms with Gasteiger partial charge in [-0.15, -0.1) is 11.3 Å². The number of carbonyl (C=O) groups excluding carboxylic acids is 2. The van der Waals surface area contributed by atoms with E-state index in [1.165, 1.54) is 17.8 Å². The Morgan fingerprint density at radius 1 is 1.43 bits per heavy atom. The molecule has 7 heteroatoms. The fourth-order valence-corrected chi connectivity index (χ4v) is 3.79. The van der Waals surface area contributed by atoms with Gasteiger partial charge in [-0.2, -0.15) is 0 Å². The zero-order valence-electron chi connectivity index (χ0n) is 13.2. The number of likely N-dealkylation sites (tertiary alicyclic amines) is 1. The summed E-state index contributed by atoms with van der Waals surface area (Å²) in [5.74, 6) is -1.15. The van der Waals surface area contributed by atoms with Gasteiger partial charge >= 0.3 is 5.97 Å². The first-order valence-corrected chi connectivity index (χ1v) is 8.92. The largest absolute Gasteiger partial charge is 0.465 e. The van der Waals surface area contributed by atoms with Gasteiger partial charge in [0, 0.05) is 18.0 Å². The van der Waals surface area contributed by atoms with Gasteiger partial charge in [0.1, 0.15) is 6.04 Å². The van der Waals surface area contributed by atoms with Gasteiger partial charge in [0.25, 0.3) is 0 Å². The molecule has 2 aliphatic rings. The van der Waals surface area contributed by atoms with Crippen molar-refractivity contribution in [1.29, 1.82) is 0 Å². The zero-order valence-corrected chi connectivity index (χ0v) is 14.0. The fourth-order valence-electron chi connectivity index (χ4n) is 2.99. The molecule has 1 N–H and O–H groups in total. The predicted molar refractivity (Wildman–Crippen MR) is 88.2 cm³/mol. The van der Waals surface area contributed by atoms with Gasteiger partial charge in [0.15, 0.2) is 5.92 Å². The Kier molecular flexibility index (Phi) is 4.95. The third-order valence-electron chi connectivity index (χ3n) is 4.13. The van der Waals surface area contributed by atoms with Gasteiger partial charge in [0.05, 0.1) is 6.61 Å². The second kappa shape index (κ2) is 7.12. The first-order chi connectivity index (χ1) is 11.2. The molecule has 0 aromatic carbocycles. The van der Waals surface area contributed by atoms with Crippen molar-refractivity contribution in [3.05, 3.63) is 22.4 Å². The standard InChI is InChI=1S/C16H21N3O3S/c1-2-22-15(21)12-13(11-7-6-10-23-11)17-16(18-14(12)20)19-8-4-3-5-9-19/h6-7,10,12-13H,2-5,8-9H2,1H3,(H,17,18,20)/t12-,13+/m1/s1. The highest BCUT2D eigenvalue weighted by molar-refractivity contribution is 7.10. The minimum absolute atomic E-state index is 0.252. The van der Waals surface area contributed by atoms with Gasteiger partial charge < -0.3 is 9.64 Å². The number of esters is 1. The first-order valence-electron chi connectivity index (χ1n) is 8.04. The number of piperidine rings is 1. The molecule has 6 nitrogen and oxygen atoms in total. The minimum Gasteiger partial charge on any atom is -0.465 e. The Morgan fingerprint density at radius 2 is 2.22 bits per heavy atom. The molecule has 0 aliphatic carbocycles. The second-order valence-corrected chi connectivity index (χ2v) is 6.66. The summed E-state index contributed by atoms with van der Waals surface area (Å²) in [6.45, 7) is 3.77. The van der Waals surface area contributed by atoms with Crippen LogP contribution in [0.1, 0.15) is 37.1 Å². The molecule has 0 unspecified atom stereocenters. The maximum Gasteiger partial charge on any atom is 0.321 e. The van der Waals surface area contributed by atoms with Crippen molar-refractivity contribution in [2.75, 3.05) is 19.7 Å². The molecule has 1 fully saturated rings. The van der Waals surface area contributed by atoms with Gasteiger partial charge in [-0.3, -0.25) is 14.9 Å². The minimum atomic E-state index is -0.915. The number of carbonyl (C=O) groups is 2.